The largest absolute Gasteiger partial charge is 0.389 e. The average molecular weight is 260 g/mol. The first kappa shape index (κ1) is 17.8. The average Bonchev–Trinajstić information content (AvgIpc) is 2.38. The molecule has 0 bridgehead atoms. The minimum atomic E-state index is -0.380. The van der Waals surface area contributed by atoms with Crippen molar-refractivity contribution < 1.29 is 9.84 Å². The molecule has 0 aliphatic heterocycles. The highest BCUT2D eigenvalue weighted by molar-refractivity contribution is 4.58. The molecular formula is C14H32N2O2. The van der Waals surface area contributed by atoms with E-state index in [1.807, 2.05) is 0 Å². The van der Waals surface area contributed by atoms with Crippen LogP contribution in [0, 0.1) is 0 Å². The maximum atomic E-state index is 9.62. The van der Waals surface area contributed by atoms with Crippen LogP contribution in [0.4, 0.5) is 0 Å². The summed E-state index contributed by atoms with van der Waals surface area (Å²) in [5, 5.41) is 16.2. The van der Waals surface area contributed by atoms with E-state index in [-0.39, 0.29) is 6.10 Å². The Hall–Kier alpha value is -0.160. The van der Waals surface area contributed by atoms with Gasteiger partial charge in [0.15, 0.2) is 0 Å². The van der Waals surface area contributed by atoms with Crippen molar-refractivity contribution in [2.75, 3.05) is 39.4 Å². The maximum Gasteiger partial charge on any atom is 0.0897 e. The lowest BCUT2D eigenvalue weighted by Crippen LogP contribution is -2.31. The lowest BCUT2D eigenvalue weighted by Gasteiger charge is -2.12. The zero-order valence-electron chi connectivity index (χ0n) is 12.2. The molecule has 3 N–H and O–H groups in total. The van der Waals surface area contributed by atoms with Gasteiger partial charge in [-0.3, -0.25) is 0 Å². The zero-order valence-corrected chi connectivity index (χ0v) is 12.2. The van der Waals surface area contributed by atoms with Gasteiger partial charge in [-0.1, -0.05) is 26.7 Å². The van der Waals surface area contributed by atoms with Crippen molar-refractivity contribution in [3.05, 3.63) is 0 Å². The summed E-state index contributed by atoms with van der Waals surface area (Å²) in [5.74, 6) is 0. The highest BCUT2D eigenvalue weighted by Crippen LogP contribution is 1.89. The molecule has 0 aromatic carbocycles. The second-order valence-electron chi connectivity index (χ2n) is 4.74. The maximum absolute atomic E-state index is 9.62. The van der Waals surface area contributed by atoms with Crippen LogP contribution < -0.4 is 10.6 Å². The molecule has 0 aliphatic carbocycles. The first-order chi connectivity index (χ1) is 8.81. The molecule has 110 valence electrons. The number of unbranched alkanes of at least 4 members (excludes halogenated alkanes) is 2. The Balaban J connectivity index is 3.08. The van der Waals surface area contributed by atoms with Gasteiger partial charge in [-0.25, -0.2) is 0 Å². The van der Waals surface area contributed by atoms with Crippen LogP contribution in [0.5, 0.6) is 0 Å². The quantitative estimate of drug-likeness (QED) is 0.415. The van der Waals surface area contributed by atoms with Crippen molar-refractivity contribution in [2.24, 2.45) is 0 Å². The Morgan fingerprint density at radius 2 is 1.56 bits per heavy atom. The van der Waals surface area contributed by atoms with Gasteiger partial charge in [0.1, 0.15) is 0 Å². The fraction of sp³-hybridized carbons (Fsp3) is 1.00. The Morgan fingerprint density at radius 1 is 0.944 bits per heavy atom. The van der Waals surface area contributed by atoms with Crippen molar-refractivity contribution in [1.82, 2.24) is 10.6 Å². The first-order valence-corrected chi connectivity index (χ1v) is 7.48. The van der Waals surface area contributed by atoms with E-state index < -0.39 is 0 Å². The number of aliphatic hydroxyl groups excluding tert-OH is 1. The van der Waals surface area contributed by atoms with E-state index >= 15 is 0 Å². The van der Waals surface area contributed by atoms with Crippen molar-refractivity contribution in [3.63, 3.8) is 0 Å². The number of aliphatic hydroxyl groups is 1. The number of hydrogen-bond acceptors (Lipinski definition) is 4. The SMILES string of the molecule is CCCCNCCCOCC(O)CNCCCC. The van der Waals surface area contributed by atoms with Crippen molar-refractivity contribution in [3.8, 4) is 0 Å². The summed E-state index contributed by atoms with van der Waals surface area (Å²) < 4.78 is 5.43. The Morgan fingerprint density at radius 3 is 2.22 bits per heavy atom. The summed E-state index contributed by atoms with van der Waals surface area (Å²) in [7, 11) is 0. The van der Waals surface area contributed by atoms with Crippen LogP contribution in [0.2, 0.25) is 0 Å². The fourth-order valence-electron chi connectivity index (χ4n) is 1.57. The normalized spacial score (nSPS) is 12.8. The van der Waals surface area contributed by atoms with Crippen molar-refractivity contribution in [1.29, 1.82) is 0 Å². The Kier molecular flexibility index (Phi) is 14.8. The Labute approximate surface area is 112 Å². The van der Waals surface area contributed by atoms with Crippen LogP contribution >= 0.6 is 0 Å². The van der Waals surface area contributed by atoms with Crippen LogP contribution in [-0.2, 0) is 4.74 Å². The monoisotopic (exact) mass is 260 g/mol. The second kappa shape index (κ2) is 14.9. The summed E-state index contributed by atoms with van der Waals surface area (Å²) >= 11 is 0. The van der Waals surface area contributed by atoms with Crippen molar-refractivity contribution in [2.45, 2.75) is 52.1 Å². The molecule has 0 amide bonds. The third-order valence-electron chi connectivity index (χ3n) is 2.75. The van der Waals surface area contributed by atoms with Gasteiger partial charge in [0.05, 0.1) is 12.7 Å². The molecule has 0 heterocycles. The van der Waals surface area contributed by atoms with Gasteiger partial charge in [-0.05, 0) is 38.9 Å². The molecule has 0 saturated heterocycles. The highest BCUT2D eigenvalue weighted by Gasteiger charge is 2.02. The molecule has 0 aromatic heterocycles. The molecule has 0 fully saturated rings. The molecule has 18 heavy (non-hydrogen) atoms. The lowest BCUT2D eigenvalue weighted by atomic mass is 10.3. The van der Waals surface area contributed by atoms with Crippen molar-refractivity contribution >= 4 is 0 Å². The van der Waals surface area contributed by atoms with Crippen LogP contribution in [0.3, 0.4) is 0 Å². The molecule has 0 saturated carbocycles. The van der Waals surface area contributed by atoms with Gasteiger partial charge in [-0.15, -0.1) is 0 Å². The predicted octanol–water partition coefficient (Wildman–Crippen LogP) is 1.53. The number of hydrogen-bond donors (Lipinski definition) is 3. The smallest absolute Gasteiger partial charge is 0.0897 e. The summed E-state index contributed by atoms with van der Waals surface area (Å²) in [6.07, 6.45) is 5.46. The van der Waals surface area contributed by atoms with Gasteiger partial charge in [0.2, 0.25) is 0 Å². The highest BCUT2D eigenvalue weighted by atomic mass is 16.5. The third kappa shape index (κ3) is 13.9. The van der Waals surface area contributed by atoms with Gasteiger partial charge in [0.25, 0.3) is 0 Å². The van der Waals surface area contributed by atoms with Crippen LogP contribution in [0.25, 0.3) is 0 Å². The van der Waals surface area contributed by atoms with Gasteiger partial charge >= 0.3 is 0 Å². The Bertz CT molecular complexity index is 157. The van der Waals surface area contributed by atoms with E-state index in [0.29, 0.717) is 13.2 Å². The van der Waals surface area contributed by atoms with E-state index in [1.165, 1.54) is 19.3 Å². The lowest BCUT2D eigenvalue weighted by molar-refractivity contribution is 0.0362. The molecule has 1 unspecified atom stereocenters. The summed E-state index contributed by atoms with van der Waals surface area (Å²) in [4.78, 5) is 0. The summed E-state index contributed by atoms with van der Waals surface area (Å²) in [6.45, 7) is 9.24. The zero-order chi connectivity index (χ0) is 13.5. The van der Waals surface area contributed by atoms with Gasteiger partial charge in [-0.2, -0.15) is 0 Å². The van der Waals surface area contributed by atoms with Gasteiger partial charge < -0.3 is 20.5 Å². The minimum Gasteiger partial charge on any atom is -0.389 e. The predicted molar refractivity (Wildman–Crippen MR) is 77.0 cm³/mol. The molecular weight excluding hydrogens is 228 g/mol. The third-order valence-corrected chi connectivity index (χ3v) is 2.75. The van der Waals surface area contributed by atoms with Gasteiger partial charge in [0, 0.05) is 13.2 Å². The number of nitrogens with one attached hydrogen (secondary N) is 2. The van der Waals surface area contributed by atoms with E-state index in [1.54, 1.807) is 0 Å². The fourth-order valence-corrected chi connectivity index (χ4v) is 1.57. The van der Waals surface area contributed by atoms with Crippen LogP contribution in [-0.4, -0.2) is 50.6 Å². The molecule has 4 heteroatoms. The molecule has 4 nitrogen and oxygen atoms in total. The standard InChI is InChI=1S/C14H32N2O2/c1-3-5-8-15-10-7-11-18-13-14(17)12-16-9-6-4-2/h14-17H,3-13H2,1-2H3. The van der Waals surface area contributed by atoms with E-state index in [4.69, 9.17) is 4.74 Å². The topological polar surface area (TPSA) is 53.5 Å². The van der Waals surface area contributed by atoms with Crippen LogP contribution in [0.15, 0.2) is 0 Å². The minimum absolute atomic E-state index is 0.380. The molecule has 0 radical (unpaired) electrons. The van der Waals surface area contributed by atoms with E-state index in [9.17, 15) is 5.11 Å². The molecule has 0 rings (SSSR count). The number of rotatable bonds is 14. The van der Waals surface area contributed by atoms with E-state index in [0.717, 1.165) is 39.1 Å². The molecule has 0 aliphatic rings. The summed E-state index contributed by atoms with van der Waals surface area (Å²) in [5.41, 5.74) is 0. The molecule has 0 spiro atoms. The number of ether oxygens (including phenoxy) is 1. The second-order valence-corrected chi connectivity index (χ2v) is 4.74. The van der Waals surface area contributed by atoms with E-state index in [2.05, 4.69) is 24.5 Å². The summed E-state index contributed by atoms with van der Waals surface area (Å²) in [6, 6.07) is 0. The van der Waals surface area contributed by atoms with Crippen LogP contribution in [0.1, 0.15) is 46.0 Å². The molecule has 1 atom stereocenters. The first-order valence-electron chi connectivity index (χ1n) is 7.48. The molecule has 0 aromatic rings.